The number of aromatic amines is 1. The Morgan fingerprint density at radius 3 is 2.34 bits per heavy atom. The zero-order valence-corrected chi connectivity index (χ0v) is 20.8. The number of fused-ring (bicyclic) bond motifs is 1. The number of rotatable bonds is 5. The summed E-state index contributed by atoms with van der Waals surface area (Å²) in [4.78, 5) is 27.9. The maximum Gasteiger partial charge on any atom is 0.417 e. The molecule has 2 aromatic heterocycles. The number of hydrogen-bond donors (Lipinski definition) is 1. The van der Waals surface area contributed by atoms with Crippen LogP contribution in [0.2, 0.25) is 0 Å². The van der Waals surface area contributed by atoms with Crippen molar-refractivity contribution >= 4 is 12.2 Å². The van der Waals surface area contributed by atoms with Gasteiger partial charge < -0.3 is 9.72 Å². The van der Waals surface area contributed by atoms with Gasteiger partial charge in [0.05, 0.1) is 42.3 Å². The molecule has 2 aromatic carbocycles. The Bertz CT molecular complexity index is 1630. The lowest BCUT2D eigenvalue weighted by molar-refractivity contribution is -0.148. The molecule has 1 atom stereocenters. The van der Waals surface area contributed by atoms with Gasteiger partial charge in [0.2, 0.25) is 0 Å². The number of nitrogens with one attached hydrogen (secondary N) is 1. The Morgan fingerprint density at radius 2 is 1.71 bits per heavy atom. The highest BCUT2D eigenvalue weighted by Crippen LogP contribution is 2.40. The van der Waals surface area contributed by atoms with Crippen LogP contribution >= 0.6 is 0 Å². The summed E-state index contributed by atoms with van der Waals surface area (Å²) in [5.74, 6) is -1.58. The first-order valence-electron chi connectivity index (χ1n) is 11.7. The molecule has 212 valence electrons. The molecule has 15 heteroatoms. The molecule has 0 bridgehead atoms. The molecular formula is C26H17F7N6O2. The van der Waals surface area contributed by atoms with Gasteiger partial charge in [-0.3, -0.25) is 5.01 Å². The van der Waals surface area contributed by atoms with Gasteiger partial charge in [0, 0.05) is 23.5 Å². The van der Waals surface area contributed by atoms with E-state index in [4.69, 9.17) is 4.74 Å². The summed E-state index contributed by atoms with van der Waals surface area (Å²) in [5.41, 5.74) is -2.53. The molecule has 0 saturated heterocycles. The van der Waals surface area contributed by atoms with Crippen molar-refractivity contribution in [1.29, 1.82) is 0 Å². The topological polar surface area (TPSA) is 96.4 Å². The van der Waals surface area contributed by atoms with Crippen molar-refractivity contribution in [2.45, 2.75) is 24.9 Å². The number of halogens is 7. The van der Waals surface area contributed by atoms with Gasteiger partial charge in [-0.2, -0.15) is 31.4 Å². The average Bonchev–Trinajstić information content (AvgIpc) is 3.36. The van der Waals surface area contributed by atoms with E-state index in [1.165, 1.54) is 29.4 Å². The van der Waals surface area contributed by atoms with Gasteiger partial charge in [-0.05, 0) is 30.3 Å². The van der Waals surface area contributed by atoms with Gasteiger partial charge in [-0.1, -0.05) is 12.1 Å². The molecule has 41 heavy (non-hydrogen) atoms. The van der Waals surface area contributed by atoms with Gasteiger partial charge in [0.15, 0.2) is 11.9 Å². The summed E-state index contributed by atoms with van der Waals surface area (Å²) in [6, 6.07) is 5.85. The predicted molar refractivity (Wildman–Crippen MR) is 129 cm³/mol. The summed E-state index contributed by atoms with van der Waals surface area (Å²) in [6.07, 6.45) is -6.66. The van der Waals surface area contributed by atoms with E-state index in [-0.39, 0.29) is 29.6 Å². The van der Waals surface area contributed by atoms with Gasteiger partial charge >= 0.3 is 18.3 Å². The van der Waals surface area contributed by atoms with Crippen LogP contribution in [0.25, 0.3) is 22.8 Å². The first-order chi connectivity index (χ1) is 19.4. The second-order valence-electron chi connectivity index (χ2n) is 8.79. The summed E-state index contributed by atoms with van der Waals surface area (Å²) in [7, 11) is 1.12. The van der Waals surface area contributed by atoms with Crippen LogP contribution in [0.4, 0.5) is 30.7 Å². The van der Waals surface area contributed by atoms with E-state index in [0.29, 0.717) is 23.5 Å². The minimum absolute atomic E-state index is 0.0101. The van der Waals surface area contributed by atoms with Crippen molar-refractivity contribution in [1.82, 2.24) is 24.9 Å². The zero-order chi connectivity index (χ0) is 29.5. The van der Waals surface area contributed by atoms with Gasteiger partial charge in [0.1, 0.15) is 17.3 Å². The minimum Gasteiger partial charge on any atom is -0.467 e. The second kappa shape index (κ2) is 10.3. The molecule has 0 radical (unpaired) electrons. The molecule has 0 saturated carbocycles. The van der Waals surface area contributed by atoms with Gasteiger partial charge in [0.25, 0.3) is 0 Å². The molecule has 0 aliphatic carbocycles. The smallest absolute Gasteiger partial charge is 0.417 e. The largest absolute Gasteiger partial charge is 0.467 e. The number of ether oxygens (including phenoxy) is 1. The number of carbonyl (C=O) groups is 1. The van der Waals surface area contributed by atoms with Crippen molar-refractivity contribution in [3.8, 4) is 22.8 Å². The van der Waals surface area contributed by atoms with Crippen LogP contribution in [0.5, 0.6) is 0 Å². The highest BCUT2D eigenvalue weighted by Gasteiger charge is 2.39. The third-order valence-corrected chi connectivity index (χ3v) is 6.19. The number of aromatic nitrogens is 4. The average molecular weight is 578 g/mol. The highest BCUT2D eigenvalue weighted by atomic mass is 19.4. The van der Waals surface area contributed by atoms with Crippen molar-refractivity contribution in [3.05, 3.63) is 88.8 Å². The number of hydrogen-bond acceptors (Lipinski definition) is 7. The fourth-order valence-corrected chi connectivity index (χ4v) is 4.23. The second-order valence-corrected chi connectivity index (χ2v) is 8.79. The van der Waals surface area contributed by atoms with Crippen LogP contribution in [-0.2, 0) is 28.4 Å². The van der Waals surface area contributed by atoms with Crippen LogP contribution in [0.15, 0.2) is 60.0 Å². The molecule has 0 amide bonds. The van der Waals surface area contributed by atoms with Crippen molar-refractivity contribution < 1.29 is 40.3 Å². The quantitative estimate of drug-likeness (QED) is 0.239. The number of carbonyl (C=O) groups excluding carboxylic acids is 1. The molecule has 5 rings (SSSR count). The monoisotopic (exact) mass is 578 g/mol. The molecule has 1 N–H and O–H groups in total. The first kappa shape index (κ1) is 27.7. The summed E-state index contributed by atoms with van der Waals surface area (Å²) >= 11 is 0. The number of esters is 1. The van der Waals surface area contributed by atoms with Crippen molar-refractivity contribution in [3.63, 3.8) is 0 Å². The van der Waals surface area contributed by atoms with E-state index < -0.39 is 52.7 Å². The molecule has 4 aromatic rings. The molecular weight excluding hydrogens is 561 g/mol. The Kier molecular flexibility index (Phi) is 6.97. The lowest BCUT2D eigenvalue weighted by Gasteiger charge is -2.28. The third-order valence-electron chi connectivity index (χ3n) is 6.19. The molecule has 3 heterocycles. The highest BCUT2D eigenvalue weighted by molar-refractivity contribution is 5.82. The number of methoxy groups -OCH3 is 1. The zero-order valence-electron chi connectivity index (χ0n) is 20.8. The van der Waals surface area contributed by atoms with Crippen LogP contribution in [0.3, 0.4) is 0 Å². The molecule has 8 nitrogen and oxygen atoms in total. The summed E-state index contributed by atoms with van der Waals surface area (Å²) < 4.78 is 99.1. The third kappa shape index (κ3) is 5.47. The molecule has 0 fully saturated rings. The van der Waals surface area contributed by atoms with Crippen LogP contribution in [-0.4, -0.2) is 44.2 Å². The standard InChI is InChI=1S/C26H17F7N6O2/c1-41-24(40)21(39-12-20-19(11-36-39)37-23(38-20)16-4-2-3-5-18(16)27)13-9-34-22(35-10-13)15-7-6-14(25(28,29)30)8-17(15)26(31,32)33/h2-11,21H,12H2,1H3,(H,37,38). The van der Waals surface area contributed by atoms with Crippen LogP contribution in [0, 0.1) is 5.82 Å². The van der Waals surface area contributed by atoms with E-state index in [2.05, 4.69) is 25.0 Å². The number of hydrazone groups is 1. The summed E-state index contributed by atoms with van der Waals surface area (Å²) in [6.45, 7) is -0.0219. The van der Waals surface area contributed by atoms with Crippen LogP contribution in [0.1, 0.15) is 34.1 Å². The fraction of sp³-hybridized carbons (Fsp3) is 0.192. The Morgan fingerprint density at radius 1 is 1.00 bits per heavy atom. The fourth-order valence-electron chi connectivity index (χ4n) is 4.23. The number of benzene rings is 2. The maximum atomic E-state index is 14.2. The molecule has 0 spiro atoms. The molecule has 1 unspecified atom stereocenters. The van der Waals surface area contributed by atoms with Crippen molar-refractivity contribution in [2.24, 2.45) is 5.10 Å². The van der Waals surface area contributed by atoms with E-state index in [1.54, 1.807) is 6.07 Å². The first-order valence-corrected chi connectivity index (χ1v) is 11.7. The van der Waals surface area contributed by atoms with Crippen LogP contribution < -0.4 is 0 Å². The SMILES string of the molecule is COC(=O)C(c1cnc(-c2ccc(C(F)(F)F)cc2C(F)(F)F)nc1)N1Cc2[nH]c(-c3ccccc3F)nc2C=N1. The van der Waals surface area contributed by atoms with E-state index >= 15 is 0 Å². The van der Waals surface area contributed by atoms with E-state index in [1.807, 2.05) is 0 Å². The predicted octanol–water partition coefficient (Wildman–Crippen LogP) is 5.77. The Hall–Kier alpha value is -4.82. The lowest BCUT2D eigenvalue weighted by atomic mass is 10.0. The Labute approximate surface area is 226 Å². The van der Waals surface area contributed by atoms with Gasteiger partial charge in [-0.15, -0.1) is 0 Å². The van der Waals surface area contributed by atoms with Crippen molar-refractivity contribution in [2.75, 3.05) is 7.11 Å². The normalized spacial score (nSPS) is 14.1. The number of nitrogens with zero attached hydrogens (tertiary/aromatic N) is 5. The minimum atomic E-state index is -5.13. The van der Waals surface area contributed by atoms with E-state index in [0.717, 1.165) is 19.5 Å². The summed E-state index contributed by atoms with van der Waals surface area (Å²) in [5, 5.41) is 5.51. The van der Waals surface area contributed by atoms with E-state index in [9.17, 15) is 35.5 Å². The number of H-pyrrole nitrogens is 1. The number of imidazole rings is 1. The Balaban J connectivity index is 1.46. The molecule has 1 aliphatic rings. The maximum absolute atomic E-state index is 14.2. The number of alkyl halides is 6. The lowest BCUT2D eigenvalue weighted by Crippen LogP contribution is -2.33. The molecule has 1 aliphatic heterocycles. The van der Waals surface area contributed by atoms with Gasteiger partial charge in [-0.25, -0.2) is 24.1 Å².